The molecule has 118 valence electrons. The van der Waals surface area contributed by atoms with Crippen LogP contribution in [-0.4, -0.2) is 4.92 Å². The van der Waals surface area contributed by atoms with Crippen LogP contribution in [0.5, 0.6) is 0 Å². The lowest BCUT2D eigenvalue weighted by molar-refractivity contribution is -0.384. The van der Waals surface area contributed by atoms with Gasteiger partial charge in [0, 0.05) is 24.0 Å². The highest BCUT2D eigenvalue weighted by Crippen LogP contribution is 2.30. The van der Waals surface area contributed by atoms with Gasteiger partial charge >= 0.3 is 0 Å². The summed E-state index contributed by atoms with van der Waals surface area (Å²) in [6.45, 7) is 1.95. The maximum atomic E-state index is 11.0. The molecule has 0 aromatic heterocycles. The van der Waals surface area contributed by atoms with E-state index in [9.17, 15) is 10.1 Å². The summed E-state index contributed by atoms with van der Waals surface area (Å²) < 4.78 is 0. The molecular formula is C17H13N5O2. The van der Waals surface area contributed by atoms with Gasteiger partial charge in [-0.25, -0.2) is 0 Å². The number of aryl methyl sites for hydroxylation is 1. The van der Waals surface area contributed by atoms with Gasteiger partial charge in [0.15, 0.2) is 0 Å². The minimum Gasteiger partial charge on any atom is -0.358 e. The number of nitro benzene ring substituents is 1. The molecule has 0 unspecified atom stereocenters. The summed E-state index contributed by atoms with van der Waals surface area (Å²) in [6.07, 6.45) is 1.21. The molecule has 0 aliphatic heterocycles. The van der Waals surface area contributed by atoms with E-state index in [0.29, 0.717) is 11.4 Å². The van der Waals surface area contributed by atoms with E-state index in [0.717, 1.165) is 11.3 Å². The minimum absolute atomic E-state index is 0.101. The van der Waals surface area contributed by atoms with Gasteiger partial charge < -0.3 is 10.6 Å². The predicted octanol–water partition coefficient (Wildman–Crippen LogP) is 3.99. The van der Waals surface area contributed by atoms with E-state index in [2.05, 4.69) is 10.6 Å². The zero-order valence-corrected chi connectivity index (χ0v) is 12.8. The molecule has 0 spiro atoms. The first kappa shape index (κ1) is 16.5. The van der Waals surface area contributed by atoms with E-state index in [-0.39, 0.29) is 11.3 Å². The van der Waals surface area contributed by atoms with Crippen molar-refractivity contribution in [1.82, 2.24) is 0 Å². The molecular weight excluding hydrogens is 306 g/mol. The second-order valence-electron chi connectivity index (χ2n) is 4.91. The van der Waals surface area contributed by atoms with E-state index >= 15 is 0 Å². The number of non-ortho nitro benzene ring substituents is 1. The van der Waals surface area contributed by atoms with Gasteiger partial charge in [0.05, 0.1) is 16.3 Å². The van der Waals surface area contributed by atoms with Crippen molar-refractivity contribution in [2.24, 2.45) is 0 Å². The molecule has 0 atom stereocenters. The summed E-state index contributed by atoms with van der Waals surface area (Å²) in [6, 6.07) is 15.3. The highest BCUT2D eigenvalue weighted by Gasteiger charge is 2.11. The molecule has 2 aromatic rings. The number of nitro groups is 1. The van der Waals surface area contributed by atoms with Crippen LogP contribution in [0.3, 0.4) is 0 Å². The molecule has 0 radical (unpaired) electrons. The molecule has 0 bridgehead atoms. The number of anilines is 3. The number of hydrogen-bond donors (Lipinski definition) is 2. The third-order valence-electron chi connectivity index (χ3n) is 3.12. The molecule has 24 heavy (non-hydrogen) atoms. The zero-order valence-electron chi connectivity index (χ0n) is 12.8. The van der Waals surface area contributed by atoms with Crippen molar-refractivity contribution in [3.63, 3.8) is 0 Å². The molecule has 7 heteroatoms. The number of benzene rings is 2. The van der Waals surface area contributed by atoms with Crippen molar-refractivity contribution in [2.75, 3.05) is 10.6 Å². The monoisotopic (exact) mass is 319 g/mol. The second-order valence-corrected chi connectivity index (χ2v) is 4.91. The number of allylic oxidation sites excluding steroid dienone is 1. The predicted molar refractivity (Wildman–Crippen MR) is 90.5 cm³/mol. The zero-order chi connectivity index (χ0) is 17.5. The maximum absolute atomic E-state index is 11.0. The highest BCUT2D eigenvalue weighted by molar-refractivity contribution is 5.77. The van der Waals surface area contributed by atoms with Crippen LogP contribution in [0.2, 0.25) is 0 Å². The van der Waals surface area contributed by atoms with Crippen LogP contribution in [-0.2, 0) is 0 Å². The van der Waals surface area contributed by atoms with Crippen LogP contribution in [0.1, 0.15) is 5.56 Å². The smallest absolute Gasteiger partial charge is 0.271 e. The van der Waals surface area contributed by atoms with Crippen molar-refractivity contribution in [2.45, 2.75) is 6.92 Å². The van der Waals surface area contributed by atoms with E-state index in [1.807, 2.05) is 31.2 Å². The van der Waals surface area contributed by atoms with E-state index in [1.165, 1.54) is 18.3 Å². The Kier molecular flexibility index (Phi) is 5.12. The van der Waals surface area contributed by atoms with Crippen molar-refractivity contribution in [1.29, 1.82) is 10.5 Å². The quantitative estimate of drug-likeness (QED) is 0.489. The van der Waals surface area contributed by atoms with Crippen LogP contribution in [0, 0.1) is 39.7 Å². The van der Waals surface area contributed by atoms with E-state index < -0.39 is 4.92 Å². The lowest BCUT2D eigenvalue weighted by atomic mass is 10.2. The molecule has 0 saturated carbocycles. The van der Waals surface area contributed by atoms with E-state index in [4.69, 9.17) is 10.5 Å². The third-order valence-corrected chi connectivity index (χ3v) is 3.12. The summed E-state index contributed by atoms with van der Waals surface area (Å²) in [4.78, 5) is 10.4. The summed E-state index contributed by atoms with van der Waals surface area (Å²) in [5.74, 6) is 0. The van der Waals surface area contributed by atoms with Gasteiger partial charge in [0.25, 0.3) is 5.69 Å². The second kappa shape index (κ2) is 7.43. The van der Waals surface area contributed by atoms with Gasteiger partial charge in [-0.15, -0.1) is 0 Å². The molecule has 2 rings (SSSR count). The maximum Gasteiger partial charge on any atom is 0.271 e. The van der Waals surface area contributed by atoms with Gasteiger partial charge in [-0.05, 0) is 30.7 Å². The van der Waals surface area contributed by atoms with Gasteiger partial charge in [0.2, 0.25) is 0 Å². The standard InChI is InChI=1S/C17H13N5O2/c1-12-3-2-4-14(7-12)21-16-6-5-15(22(23)24)8-17(16)20-11-13(9-18)10-19/h2-8,11,20-21H,1H3. The van der Waals surface area contributed by atoms with Crippen molar-refractivity contribution in [3.8, 4) is 12.1 Å². The van der Waals surface area contributed by atoms with E-state index in [1.54, 1.807) is 18.2 Å². The Morgan fingerprint density at radius 1 is 1.17 bits per heavy atom. The number of nitrogens with zero attached hydrogens (tertiary/aromatic N) is 3. The first-order chi connectivity index (χ1) is 11.5. The van der Waals surface area contributed by atoms with Crippen LogP contribution in [0.4, 0.5) is 22.7 Å². The average Bonchev–Trinajstić information content (AvgIpc) is 2.56. The number of hydrogen-bond acceptors (Lipinski definition) is 6. The average molecular weight is 319 g/mol. The normalized spacial score (nSPS) is 9.29. The molecule has 0 fully saturated rings. The largest absolute Gasteiger partial charge is 0.358 e. The molecule has 0 saturated heterocycles. The van der Waals surface area contributed by atoms with Crippen molar-refractivity contribution in [3.05, 3.63) is 69.9 Å². The summed E-state index contributed by atoms with van der Waals surface area (Å²) in [5, 5.41) is 34.4. The molecule has 2 N–H and O–H groups in total. The summed E-state index contributed by atoms with van der Waals surface area (Å²) in [7, 11) is 0. The number of rotatable bonds is 5. The van der Waals surface area contributed by atoms with Crippen LogP contribution >= 0.6 is 0 Å². The molecule has 0 aliphatic carbocycles. The molecule has 7 nitrogen and oxygen atoms in total. The van der Waals surface area contributed by atoms with Crippen LogP contribution < -0.4 is 10.6 Å². The molecule has 0 heterocycles. The fourth-order valence-electron chi connectivity index (χ4n) is 1.99. The number of nitrogens with one attached hydrogen (secondary N) is 2. The Bertz CT molecular complexity index is 875. The summed E-state index contributed by atoms with van der Waals surface area (Å²) in [5.41, 5.74) is 2.61. The fourth-order valence-corrected chi connectivity index (χ4v) is 1.99. The van der Waals surface area contributed by atoms with Gasteiger partial charge in [0.1, 0.15) is 17.7 Å². The Balaban J connectivity index is 2.39. The first-order valence-electron chi connectivity index (χ1n) is 6.92. The Morgan fingerprint density at radius 3 is 2.54 bits per heavy atom. The highest BCUT2D eigenvalue weighted by atomic mass is 16.6. The van der Waals surface area contributed by atoms with Gasteiger partial charge in [-0.2, -0.15) is 10.5 Å². The van der Waals surface area contributed by atoms with Crippen LogP contribution in [0.15, 0.2) is 54.2 Å². The summed E-state index contributed by atoms with van der Waals surface area (Å²) >= 11 is 0. The lowest BCUT2D eigenvalue weighted by Gasteiger charge is -2.12. The number of nitriles is 2. The SMILES string of the molecule is Cc1cccc(Nc2ccc([N+](=O)[O-])cc2NC=C(C#N)C#N)c1. The minimum atomic E-state index is -0.513. The third kappa shape index (κ3) is 4.09. The van der Waals surface area contributed by atoms with Gasteiger partial charge in [-0.3, -0.25) is 10.1 Å². The van der Waals surface area contributed by atoms with Crippen LogP contribution in [0.25, 0.3) is 0 Å². The molecule has 0 aliphatic rings. The Morgan fingerprint density at radius 2 is 1.92 bits per heavy atom. The Hall–Kier alpha value is -3.84. The lowest BCUT2D eigenvalue weighted by Crippen LogP contribution is -1.99. The van der Waals surface area contributed by atoms with Crippen molar-refractivity contribution >= 4 is 22.7 Å². The van der Waals surface area contributed by atoms with Gasteiger partial charge in [-0.1, -0.05) is 12.1 Å². The van der Waals surface area contributed by atoms with Crippen molar-refractivity contribution < 1.29 is 4.92 Å². The fraction of sp³-hybridized carbons (Fsp3) is 0.0588. The first-order valence-corrected chi connectivity index (χ1v) is 6.92. The topological polar surface area (TPSA) is 115 Å². The molecule has 2 aromatic carbocycles. The molecule has 0 amide bonds. The Labute approximate surface area is 138 Å².